The van der Waals surface area contributed by atoms with Crippen LogP contribution in [0.2, 0.25) is 0 Å². The van der Waals surface area contributed by atoms with E-state index in [-0.39, 0.29) is 12.6 Å². The molecule has 7 nitrogen and oxygen atoms in total. The second-order valence-electron chi connectivity index (χ2n) is 4.69. The zero-order valence-corrected chi connectivity index (χ0v) is 12.1. The lowest BCUT2D eigenvalue weighted by molar-refractivity contribution is 0.0520. The maximum atomic E-state index is 12.0. The van der Waals surface area contributed by atoms with Crippen molar-refractivity contribution in [1.29, 1.82) is 0 Å². The van der Waals surface area contributed by atoms with E-state index in [1.165, 1.54) is 0 Å². The minimum absolute atomic E-state index is 0.233. The Bertz CT molecular complexity index is 785. The van der Waals surface area contributed by atoms with Gasteiger partial charge in [0.2, 0.25) is 5.95 Å². The predicted molar refractivity (Wildman–Crippen MR) is 81.5 cm³/mol. The van der Waals surface area contributed by atoms with Gasteiger partial charge in [0.05, 0.1) is 29.5 Å². The first-order valence-electron chi connectivity index (χ1n) is 6.83. The van der Waals surface area contributed by atoms with Gasteiger partial charge < -0.3 is 14.6 Å². The number of ether oxygens (including phenoxy) is 1. The number of aromatic nitrogens is 4. The molecule has 0 saturated carbocycles. The van der Waals surface area contributed by atoms with E-state index < -0.39 is 0 Å². The molecule has 0 fully saturated rings. The molecule has 7 heteroatoms. The van der Waals surface area contributed by atoms with E-state index >= 15 is 0 Å². The number of anilines is 1. The molecule has 22 heavy (non-hydrogen) atoms. The van der Waals surface area contributed by atoms with Crippen LogP contribution < -0.4 is 5.32 Å². The molecule has 1 N–H and O–H groups in total. The second kappa shape index (κ2) is 6.21. The summed E-state index contributed by atoms with van der Waals surface area (Å²) in [4.78, 5) is 24.2. The maximum Gasteiger partial charge on any atom is 0.338 e. The number of hydrogen-bond donors (Lipinski definition) is 1. The Morgan fingerprint density at radius 2 is 2.09 bits per heavy atom. The summed E-state index contributed by atoms with van der Waals surface area (Å²) in [5.41, 5.74) is 2.23. The van der Waals surface area contributed by atoms with E-state index in [1.54, 1.807) is 36.9 Å². The summed E-state index contributed by atoms with van der Waals surface area (Å²) in [6.07, 6.45) is 5.00. The number of carbonyl (C=O) groups excluding carboxylic acids is 1. The highest BCUT2D eigenvalue weighted by Crippen LogP contribution is 2.14. The van der Waals surface area contributed by atoms with Crippen molar-refractivity contribution in [3.63, 3.8) is 0 Å². The number of nitrogens with one attached hydrogen (secondary N) is 1. The number of aryl methyl sites for hydroxylation is 1. The third-order valence-electron chi connectivity index (χ3n) is 3.15. The Hall–Kier alpha value is -2.96. The third kappa shape index (κ3) is 3.03. The molecule has 3 rings (SSSR count). The largest absolute Gasteiger partial charge is 0.460 e. The number of carbonyl (C=O) groups is 1. The maximum absolute atomic E-state index is 12.0. The normalized spacial score (nSPS) is 10.6. The first-order valence-corrected chi connectivity index (χ1v) is 6.83. The molecule has 0 aliphatic carbocycles. The monoisotopic (exact) mass is 297 g/mol. The summed E-state index contributed by atoms with van der Waals surface area (Å²) in [5, 5.41) is 2.97. The molecular weight excluding hydrogens is 282 g/mol. The zero-order chi connectivity index (χ0) is 15.4. The van der Waals surface area contributed by atoms with Gasteiger partial charge in [0.15, 0.2) is 0 Å². The molecule has 0 spiro atoms. The van der Waals surface area contributed by atoms with Crippen molar-refractivity contribution in [2.75, 3.05) is 18.5 Å². The molecule has 0 atom stereocenters. The van der Waals surface area contributed by atoms with Gasteiger partial charge in [0.1, 0.15) is 6.61 Å². The molecule has 0 aliphatic rings. The van der Waals surface area contributed by atoms with Crippen LogP contribution in [0.25, 0.3) is 11.0 Å². The van der Waals surface area contributed by atoms with Crippen molar-refractivity contribution in [1.82, 2.24) is 19.5 Å². The highest BCUT2D eigenvalue weighted by Gasteiger charge is 2.09. The topological polar surface area (TPSA) is 81.9 Å². The number of nitrogens with zero attached hydrogens (tertiary/aromatic N) is 4. The van der Waals surface area contributed by atoms with Crippen molar-refractivity contribution in [2.24, 2.45) is 7.05 Å². The Morgan fingerprint density at radius 3 is 2.91 bits per heavy atom. The Kier molecular flexibility index (Phi) is 3.95. The number of hydrogen-bond acceptors (Lipinski definition) is 6. The fourth-order valence-corrected chi connectivity index (χ4v) is 2.04. The molecule has 0 aliphatic heterocycles. The van der Waals surface area contributed by atoms with Gasteiger partial charge in [0, 0.05) is 19.4 Å². The van der Waals surface area contributed by atoms with Crippen LogP contribution in [0.4, 0.5) is 5.95 Å². The first-order chi connectivity index (χ1) is 10.7. The van der Waals surface area contributed by atoms with E-state index in [1.807, 2.05) is 17.7 Å². The fourth-order valence-electron chi connectivity index (χ4n) is 2.04. The molecule has 0 saturated heterocycles. The van der Waals surface area contributed by atoms with Crippen molar-refractivity contribution in [3.05, 3.63) is 48.5 Å². The molecule has 0 bridgehead atoms. The lowest BCUT2D eigenvalue weighted by atomic mass is 10.2. The molecule has 2 aromatic heterocycles. The summed E-state index contributed by atoms with van der Waals surface area (Å²) in [5.74, 6) is 0.136. The molecule has 2 heterocycles. The van der Waals surface area contributed by atoms with Crippen molar-refractivity contribution >= 4 is 23.0 Å². The van der Waals surface area contributed by atoms with Gasteiger partial charge in [-0.1, -0.05) is 0 Å². The van der Waals surface area contributed by atoms with E-state index in [4.69, 9.17) is 4.74 Å². The first kappa shape index (κ1) is 14.0. The third-order valence-corrected chi connectivity index (χ3v) is 3.15. The molecule has 3 aromatic rings. The van der Waals surface area contributed by atoms with Gasteiger partial charge in [-0.05, 0) is 24.3 Å². The molecule has 0 amide bonds. The number of imidazole rings is 1. The Morgan fingerprint density at radius 1 is 1.27 bits per heavy atom. The van der Waals surface area contributed by atoms with Gasteiger partial charge >= 0.3 is 5.97 Å². The summed E-state index contributed by atoms with van der Waals surface area (Å²) in [6, 6.07) is 7.05. The smallest absolute Gasteiger partial charge is 0.338 e. The molecule has 0 radical (unpaired) electrons. The number of fused-ring (bicyclic) bond motifs is 1. The van der Waals surface area contributed by atoms with Crippen molar-refractivity contribution in [2.45, 2.75) is 0 Å². The standard InChI is InChI=1S/C15H15N5O2/c1-20-10-19-12-9-11(3-4-13(12)20)14(21)22-8-7-18-15-16-5-2-6-17-15/h2-6,9-10H,7-8H2,1H3,(H,16,17,18). The van der Waals surface area contributed by atoms with E-state index in [0.29, 0.717) is 18.1 Å². The van der Waals surface area contributed by atoms with Gasteiger partial charge in [-0.15, -0.1) is 0 Å². The SMILES string of the molecule is Cn1cnc2cc(C(=O)OCCNc3ncccn3)ccc21. The van der Waals surface area contributed by atoms with E-state index in [0.717, 1.165) is 11.0 Å². The van der Waals surface area contributed by atoms with Gasteiger partial charge in [-0.3, -0.25) is 0 Å². The van der Waals surface area contributed by atoms with Gasteiger partial charge in [0.25, 0.3) is 0 Å². The van der Waals surface area contributed by atoms with Crippen LogP contribution in [0, 0.1) is 0 Å². The number of esters is 1. The number of benzene rings is 1. The van der Waals surface area contributed by atoms with Crippen LogP contribution in [-0.4, -0.2) is 38.6 Å². The molecular formula is C15H15N5O2. The Balaban J connectivity index is 1.54. The van der Waals surface area contributed by atoms with Crippen molar-refractivity contribution < 1.29 is 9.53 Å². The minimum Gasteiger partial charge on any atom is -0.460 e. The van der Waals surface area contributed by atoms with Gasteiger partial charge in [-0.2, -0.15) is 0 Å². The zero-order valence-electron chi connectivity index (χ0n) is 12.1. The highest BCUT2D eigenvalue weighted by molar-refractivity contribution is 5.93. The quantitative estimate of drug-likeness (QED) is 0.569. The minimum atomic E-state index is -0.372. The average molecular weight is 297 g/mol. The van der Waals surface area contributed by atoms with Crippen molar-refractivity contribution in [3.8, 4) is 0 Å². The summed E-state index contributed by atoms with van der Waals surface area (Å²) < 4.78 is 7.11. The summed E-state index contributed by atoms with van der Waals surface area (Å²) in [7, 11) is 1.91. The fraction of sp³-hybridized carbons (Fsp3) is 0.200. The second-order valence-corrected chi connectivity index (χ2v) is 4.69. The highest BCUT2D eigenvalue weighted by atomic mass is 16.5. The van der Waals surface area contributed by atoms with Crippen LogP contribution in [0.15, 0.2) is 43.0 Å². The van der Waals surface area contributed by atoms with E-state index in [9.17, 15) is 4.79 Å². The number of rotatable bonds is 5. The van der Waals surface area contributed by atoms with Crippen LogP contribution >= 0.6 is 0 Å². The lowest BCUT2D eigenvalue weighted by Gasteiger charge is -2.06. The average Bonchev–Trinajstić information content (AvgIpc) is 2.93. The van der Waals surface area contributed by atoms with Crippen LogP contribution in [0.5, 0.6) is 0 Å². The Labute approximate surface area is 127 Å². The molecule has 112 valence electrons. The predicted octanol–water partition coefficient (Wildman–Crippen LogP) is 1.63. The molecule has 1 aromatic carbocycles. The van der Waals surface area contributed by atoms with Crippen LogP contribution in [0.3, 0.4) is 0 Å². The van der Waals surface area contributed by atoms with Crippen LogP contribution in [-0.2, 0) is 11.8 Å². The molecule has 0 unspecified atom stereocenters. The van der Waals surface area contributed by atoms with E-state index in [2.05, 4.69) is 20.3 Å². The van der Waals surface area contributed by atoms with Crippen LogP contribution in [0.1, 0.15) is 10.4 Å². The lowest BCUT2D eigenvalue weighted by Crippen LogP contribution is -2.15. The summed E-state index contributed by atoms with van der Waals surface area (Å²) in [6.45, 7) is 0.679. The van der Waals surface area contributed by atoms with Gasteiger partial charge in [-0.25, -0.2) is 19.7 Å². The summed E-state index contributed by atoms with van der Waals surface area (Å²) >= 11 is 0.